The molecular weight excluding hydrogens is 302 g/mol. The number of carbonyl (C=O) groups is 1. The van der Waals surface area contributed by atoms with Crippen LogP contribution in [-0.4, -0.2) is 64.4 Å². The topological polar surface area (TPSA) is 75.4 Å². The van der Waals surface area contributed by atoms with E-state index in [1.165, 1.54) is 0 Å². The average molecular weight is 329 g/mol. The number of fused-ring (bicyclic) bond motifs is 1. The maximum Gasteiger partial charge on any atom is 0.225 e. The molecule has 24 heavy (non-hydrogen) atoms. The van der Waals surface area contributed by atoms with E-state index in [9.17, 15) is 4.79 Å². The van der Waals surface area contributed by atoms with Gasteiger partial charge in [-0.1, -0.05) is 0 Å². The van der Waals surface area contributed by atoms with E-state index in [0.29, 0.717) is 17.9 Å². The maximum absolute atomic E-state index is 12.8. The zero-order valence-electron chi connectivity index (χ0n) is 14.2. The van der Waals surface area contributed by atoms with Crippen molar-refractivity contribution in [3.8, 4) is 0 Å². The Morgan fingerprint density at radius 3 is 2.67 bits per heavy atom. The summed E-state index contributed by atoms with van der Waals surface area (Å²) in [6, 6.07) is 0.353. The van der Waals surface area contributed by atoms with Crippen LogP contribution in [0.3, 0.4) is 0 Å². The zero-order valence-corrected chi connectivity index (χ0v) is 14.2. The number of hydrogen-bond donors (Lipinski definition) is 1. The van der Waals surface area contributed by atoms with Gasteiger partial charge in [-0.15, -0.1) is 0 Å². The summed E-state index contributed by atoms with van der Waals surface area (Å²) in [5.74, 6) is 1.96. The van der Waals surface area contributed by atoms with E-state index in [0.717, 1.165) is 70.0 Å². The van der Waals surface area contributed by atoms with Crippen LogP contribution in [0.2, 0.25) is 0 Å². The van der Waals surface area contributed by atoms with Gasteiger partial charge in [0.25, 0.3) is 0 Å². The van der Waals surface area contributed by atoms with Gasteiger partial charge in [0, 0.05) is 69.7 Å². The molecule has 0 radical (unpaired) electrons. The maximum atomic E-state index is 12.8. The molecule has 0 aromatic carbocycles. The van der Waals surface area contributed by atoms with Gasteiger partial charge in [0.15, 0.2) is 0 Å². The molecule has 6 nitrogen and oxygen atoms in total. The number of hydrogen-bond acceptors (Lipinski definition) is 5. The average Bonchev–Trinajstić information content (AvgIpc) is 2.98. The van der Waals surface area contributed by atoms with Crippen molar-refractivity contribution >= 4 is 5.91 Å². The van der Waals surface area contributed by atoms with E-state index in [1.54, 1.807) is 12.4 Å². The molecule has 1 aromatic heterocycles. The van der Waals surface area contributed by atoms with Crippen LogP contribution >= 0.6 is 0 Å². The van der Waals surface area contributed by atoms with Crippen molar-refractivity contribution in [2.75, 3.05) is 32.7 Å². The first-order valence-electron chi connectivity index (χ1n) is 9.22. The SMILES string of the molecule is N[C@@H]1C[C@@H]2CC(C(=O)N3CCN(CCc4cnccn4)CC3)C[C@@H]21. The molecule has 2 heterocycles. The van der Waals surface area contributed by atoms with E-state index in [4.69, 9.17) is 5.73 Å². The quantitative estimate of drug-likeness (QED) is 0.872. The lowest BCUT2D eigenvalue weighted by Gasteiger charge is -2.37. The van der Waals surface area contributed by atoms with Gasteiger partial charge in [-0.3, -0.25) is 19.7 Å². The first-order chi connectivity index (χ1) is 11.7. The Kier molecular flexibility index (Phi) is 4.50. The summed E-state index contributed by atoms with van der Waals surface area (Å²) in [7, 11) is 0. The van der Waals surface area contributed by atoms with Crippen LogP contribution in [0.25, 0.3) is 0 Å². The van der Waals surface area contributed by atoms with E-state index < -0.39 is 0 Å². The van der Waals surface area contributed by atoms with Crippen molar-refractivity contribution in [3.63, 3.8) is 0 Å². The van der Waals surface area contributed by atoms with E-state index in [1.807, 2.05) is 6.20 Å². The first kappa shape index (κ1) is 16.0. The first-order valence-corrected chi connectivity index (χ1v) is 9.22. The molecule has 3 fully saturated rings. The minimum atomic E-state index is 0.236. The van der Waals surface area contributed by atoms with E-state index in [-0.39, 0.29) is 5.92 Å². The molecule has 1 unspecified atom stereocenters. The Hall–Kier alpha value is -1.53. The van der Waals surface area contributed by atoms with Gasteiger partial charge in [-0.2, -0.15) is 0 Å². The summed E-state index contributed by atoms with van der Waals surface area (Å²) in [6.07, 6.45) is 9.43. The van der Waals surface area contributed by atoms with E-state index in [2.05, 4.69) is 19.8 Å². The number of rotatable bonds is 4. The van der Waals surface area contributed by atoms with Crippen molar-refractivity contribution in [1.82, 2.24) is 19.8 Å². The fourth-order valence-corrected chi connectivity index (χ4v) is 4.66. The molecular formula is C18H27N5O. The number of aromatic nitrogens is 2. The summed E-state index contributed by atoms with van der Waals surface area (Å²) in [6.45, 7) is 4.63. The Balaban J connectivity index is 1.22. The Morgan fingerprint density at radius 2 is 2.00 bits per heavy atom. The van der Waals surface area contributed by atoms with Gasteiger partial charge >= 0.3 is 0 Å². The number of amides is 1. The molecule has 4 atom stereocenters. The highest BCUT2D eigenvalue weighted by atomic mass is 16.2. The smallest absolute Gasteiger partial charge is 0.225 e. The molecule has 0 spiro atoms. The van der Waals surface area contributed by atoms with Gasteiger partial charge in [0.2, 0.25) is 5.91 Å². The van der Waals surface area contributed by atoms with Crippen molar-refractivity contribution in [2.45, 2.75) is 31.7 Å². The molecule has 4 rings (SSSR count). The third kappa shape index (κ3) is 3.17. The predicted molar refractivity (Wildman–Crippen MR) is 91.1 cm³/mol. The van der Waals surface area contributed by atoms with Gasteiger partial charge in [-0.25, -0.2) is 0 Å². The molecule has 2 N–H and O–H groups in total. The van der Waals surface area contributed by atoms with Gasteiger partial charge in [-0.05, 0) is 31.1 Å². The molecule has 1 aliphatic heterocycles. The van der Waals surface area contributed by atoms with Crippen LogP contribution in [0.5, 0.6) is 0 Å². The molecule has 6 heteroatoms. The number of piperazine rings is 1. The molecule has 1 aromatic rings. The third-order valence-electron chi connectivity index (χ3n) is 6.21. The standard InChI is InChI=1S/C18H27N5O/c19-17-11-13-9-14(10-16(13)17)18(24)23-7-5-22(6-8-23)4-1-15-12-20-2-3-21-15/h2-3,12-14,16-17H,1,4-11,19H2/t13-,14?,16-,17+/m0/s1. The van der Waals surface area contributed by atoms with Gasteiger partial charge in [0.1, 0.15) is 0 Å². The van der Waals surface area contributed by atoms with Crippen LogP contribution in [0.15, 0.2) is 18.6 Å². The highest BCUT2D eigenvalue weighted by Crippen LogP contribution is 2.49. The van der Waals surface area contributed by atoms with Crippen LogP contribution in [0.1, 0.15) is 25.0 Å². The van der Waals surface area contributed by atoms with Crippen LogP contribution in [-0.2, 0) is 11.2 Å². The van der Waals surface area contributed by atoms with Crippen molar-refractivity contribution < 1.29 is 4.79 Å². The minimum Gasteiger partial charge on any atom is -0.340 e. The lowest BCUT2D eigenvalue weighted by atomic mass is 9.72. The summed E-state index contributed by atoms with van der Waals surface area (Å²) in [5.41, 5.74) is 7.10. The molecule has 2 aliphatic carbocycles. The fraction of sp³-hybridized carbons (Fsp3) is 0.722. The van der Waals surface area contributed by atoms with E-state index >= 15 is 0 Å². The highest BCUT2D eigenvalue weighted by molar-refractivity contribution is 5.79. The Labute approximate surface area is 143 Å². The molecule has 2 saturated carbocycles. The van der Waals surface area contributed by atoms with Gasteiger partial charge < -0.3 is 10.6 Å². The third-order valence-corrected chi connectivity index (χ3v) is 6.21. The second-order valence-corrected chi connectivity index (χ2v) is 7.61. The number of carbonyl (C=O) groups excluding carboxylic acids is 1. The number of nitrogens with zero attached hydrogens (tertiary/aromatic N) is 4. The lowest BCUT2D eigenvalue weighted by Crippen LogP contribution is -2.50. The number of nitrogens with two attached hydrogens (primary N) is 1. The summed E-state index contributed by atoms with van der Waals surface area (Å²) in [4.78, 5) is 25.7. The molecule has 0 bridgehead atoms. The normalized spacial score (nSPS) is 33.1. The largest absolute Gasteiger partial charge is 0.340 e. The Bertz CT molecular complexity index is 572. The van der Waals surface area contributed by atoms with Crippen LogP contribution < -0.4 is 5.73 Å². The van der Waals surface area contributed by atoms with Gasteiger partial charge in [0.05, 0.1) is 5.69 Å². The highest BCUT2D eigenvalue weighted by Gasteiger charge is 2.48. The van der Waals surface area contributed by atoms with Crippen LogP contribution in [0, 0.1) is 17.8 Å². The second kappa shape index (κ2) is 6.76. The summed E-state index contributed by atoms with van der Waals surface area (Å²) in [5, 5.41) is 0. The fourth-order valence-electron chi connectivity index (χ4n) is 4.66. The second-order valence-electron chi connectivity index (χ2n) is 7.61. The molecule has 130 valence electrons. The predicted octanol–water partition coefficient (Wildman–Crippen LogP) is 0.537. The van der Waals surface area contributed by atoms with Crippen LogP contribution in [0.4, 0.5) is 0 Å². The molecule has 1 amide bonds. The molecule has 3 aliphatic rings. The minimum absolute atomic E-state index is 0.236. The van der Waals surface area contributed by atoms with Crippen molar-refractivity contribution in [1.29, 1.82) is 0 Å². The zero-order chi connectivity index (χ0) is 16.5. The van der Waals surface area contributed by atoms with Crippen molar-refractivity contribution in [2.24, 2.45) is 23.5 Å². The Morgan fingerprint density at radius 1 is 1.17 bits per heavy atom. The summed E-state index contributed by atoms with van der Waals surface area (Å²) >= 11 is 0. The monoisotopic (exact) mass is 329 g/mol. The van der Waals surface area contributed by atoms with Crippen molar-refractivity contribution in [3.05, 3.63) is 24.3 Å². The lowest BCUT2D eigenvalue weighted by molar-refractivity contribution is -0.137. The molecule has 1 saturated heterocycles. The summed E-state index contributed by atoms with van der Waals surface area (Å²) < 4.78 is 0.